The third kappa shape index (κ3) is 2.23. The average molecular weight is 247 g/mol. The van der Waals surface area contributed by atoms with Gasteiger partial charge in [0, 0.05) is 12.5 Å². The minimum absolute atomic E-state index is 0.267. The van der Waals surface area contributed by atoms with E-state index in [-0.39, 0.29) is 11.8 Å². The van der Waals surface area contributed by atoms with Crippen molar-refractivity contribution in [2.45, 2.75) is 25.7 Å². The molecule has 0 saturated carbocycles. The van der Waals surface area contributed by atoms with Gasteiger partial charge in [-0.2, -0.15) is 0 Å². The molecule has 2 rings (SSSR count). The topological polar surface area (TPSA) is 66.4 Å². The zero-order chi connectivity index (χ0) is 13.3. The third-order valence-electron chi connectivity index (χ3n) is 3.48. The van der Waals surface area contributed by atoms with Gasteiger partial charge in [-0.25, -0.2) is 0 Å². The number of carboxylic acids is 1. The van der Waals surface area contributed by atoms with Gasteiger partial charge in [-0.1, -0.05) is 38.1 Å². The molecule has 1 saturated heterocycles. The molecule has 0 bridgehead atoms. The lowest BCUT2D eigenvalue weighted by Crippen LogP contribution is -2.26. The number of amides is 1. The summed E-state index contributed by atoms with van der Waals surface area (Å²) in [5, 5.41) is 11.7. The molecule has 0 unspecified atom stereocenters. The van der Waals surface area contributed by atoms with Crippen molar-refractivity contribution in [3.63, 3.8) is 0 Å². The Morgan fingerprint density at radius 3 is 2.44 bits per heavy atom. The minimum atomic E-state index is -1.05. The van der Waals surface area contributed by atoms with Crippen LogP contribution < -0.4 is 5.32 Å². The van der Waals surface area contributed by atoms with Crippen molar-refractivity contribution in [1.82, 2.24) is 5.32 Å². The van der Waals surface area contributed by atoms with Gasteiger partial charge in [0.15, 0.2) is 0 Å². The fraction of sp³-hybridized carbons (Fsp3) is 0.429. The molecule has 1 fully saturated rings. The second-order valence-corrected chi connectivity index (χ2v) is 4.99. The van der Waals surface area contributed by atoms with Crippen LogP contribution in [0.5, 0.6) is 0 Å². The summed E-state index contributed by atoms with van der Waals surface area (Å²) in [6, 6.07) is 7.86. The van der Waals surface area contributed by atoms with Crippen LogP contribution in [0.1, 0.15) is 36.8 Å². The number of carboxylic acid groups (broad SMARTS) is 1. The quantitative estimate of drug-likeness (QED) is 0.799. The highest BCUT2D eigenvalue weighted by Crippen LogP contribution is 2.30. The van der Waals surface area contributed by atoms with Gasteiger partial charge < -0.3 is 10.4 Å². The molecule has 1 aromatic rings. The van der Waals surface area contributed by atoms with E-state index in [1.807, 2.05) is 24.3 Å². The van der Waals surface area contributed by atoms with Gasteiger partial charge in [0.2, 0.25) is 5.91 Å². The molecule has 0 spiro atoms. The van der Waals surface area contributed by atoms with Crippen molar-refractivity contribution in [2.75, 3.05) is 6.54 Å². The number of hydrogen-bond donors (Lipinski definition) is 2. The standard InChI is InChI=1S/C14H17NO3/c1-8(2)9-3-5-10(6-4-9)11-7-15-13(16)12(11)14(17)18/h3-6,8,11-12H,7H2,1-2H3,(H,15,16)(H,17,18)/t11-,12+/m1/s1. The summed E-state index contributed by atoms with van der Waals surface area (Å²) in [7, 11) is 0. The lowest BCUT2D eigenvalue weighted by molar-refractivity contribution is -0.145. The number of benzene rings is 1. The molecular formula is C14H17NO3. The summed E-state index contributed by atoms with van der Waals surface area (Å²) in [6.07, 6.45) is 0. The van der Waals surface area contributed by atoms with Crippen molar-refractivity contribution < 1.29 is 14.7 Å². The highest BCUT2D eigenvalue weighted by molar-refractivity contribution is 5.99. The maximum Gasteiger partial charge on any atom is 0.316 e. The monoisotopic (exact) mass is 247 g/mol. The first-order chi connectivity index (χ1) is 8.50. The molecule has 2 atom stereocenters. The molecule has 0 radical (unpaired) electrons. The van der Waals surface area contributed by atoms with E-state index in [2.05, 4.69) is 19.2 Å². The van der Waals surface area contributed by atoms with E-state index in [1.54, 1.807) is 0 Å². The van der Waals surface area contributed by atoms with E-state index in [0.717, 1.165) is 5.56 Å². The van der Waals surface area contributed by atoms with Crippen LogP contribution in [0.3, 0.4) is 0 Å². The highest BCUT2D eigenvalue weighted by Gasteiger charge is 2.40. The summed E-state index contributed by atoms with van der Waals surface area (Å²) in [4.78, 5) is 22.6. The Morgan fingerprint density at radius 1 is 1.33 bits per heavy atom. The minimum Gasteiger partial charge on any atom is -0.481 e. The fourth-order valence-corrected chi connectivity index (χ4v) is 2.34. The largest absolute Gasteiger partial charge is 0.481 e. The lowest BCUT2D eigenvalue weighted by atomic mass is 9.87. The van der Waals surface area contributed by atoms with Gasteiger partial charge in [-0.3, -0.25) is 9.59 Å². The van der Waals surface area contributed by atoms with Gasteiger partial charge in [0.1, 0.15) is 5.92 Å². The van der Waals surface area contributed by atoms with Crippen molar-refractivity contribution in [2.24, 2.45) is 5.92 Å². The molecule has 0 aromatic heterocycles. The molecule has 1 aliphatic rings. The fourth-order valence-electron chi connectivity index (χ4n) is 2.34. The molecule has 2 N–H and O–H groups in total. The number of carbonyl (C=O) groups excluding carboxylic acids is 1. The Balaban J connectivity index is 2.26. The summed E-state index contributed by atoms with van der Waals surface area (Å²) in [5.41, 5.74) is 2.12. The van der Waals surface area contributed by atoms with Crippen LogP contribution in [-0.4, -0.2) is 23.5 Å². The summed E-state index contributed by atoms with van der Waals surface area (Å²) < 4.78 is 0. The average Bonchev–Trinajstić information content (AvgIpc) is 2.71. The Bertz CT molecular complexity index is 464. The predicted octanol–water partition coefficient (Wildman–Crippen LogP) is 1.72. The third-order valence-corrected chi connectivity index (χ3v) is 3.48. The van der Waals surface area contributed by atoms with Gasteiger partial charge in [0.25, 0.3) is 0 Å². The van der Waals surface area contributed by atoms with E-state index in [4.69, 9.17) is 5.11 Å². The van der Waals surface area contributed by atoms with Gasteiger partial charge in [-0.15, -0.1) is 0 Å². The first-order valence-corrected chi connectivity index (χ1v) is 6.11. The van der Waals surface area contributed by atoms with Crippen molar-refractivity contribution in [3.8, 4) is 0 Å². The summed E-state index contributed by atoms with van der Waals surface area (Å²) >= 11 is 0. The predicted molar refractivity (Wildman–Crippen MR) is 67.4 cm³/mol. The summed E-state index contributed by atoms with van der Waals surface area (Å²) in [6.45, 7) is 4.61. The maximum absolute atomic E-state index is 11.5. The molecule has 1 aliphatic heterocycles. The number of hydrogen-bond acceptors (Lipinski definition) is 2. The van der Waals surface area contributed by atoms with Crippen LogP contribution in [0.4, 0.5) is 0 Å². The van der Waals surface area contributed by atoms with E-state index in [0.29, 0.717) is 12.5 Å². The van der Waals surface area contributed by atoms with E-state index >= 15 is 0 Å². The molecule has 4 heteroatoms. The molecule has 1 heterocycles. The molecule has 0 aliphatic carbocycles. The van der Waals surface area contributed by atoms with Crippen LogP contribution in [-0.2, 0) is 9.59 Å². The molecule has 1 amide bonds. The molecule has 1 aromatic carbocycles. The second kappa shape index (κ2) is 4.80. The van der Waals surface area contributed by atoms with E-state index < -0.39 is 11.9 Å². The van der Waals surface area contributed by atoms with Crippen molar-refractivity contribution in [1.29, 1.82) is 0 Å². The number of carbonyl (C=O) groups is 2. The van der Waals surface area contributed by atoms with Gasteiger partial charge in [-0.05, 0) is 17.0 Å². The zero-order valence-corrected chi connectivity index (χ0v) is 10.5. The van der Waals surface area contributed by atoms with Crippen molar-refractivity contribution in [3.05, 3.63) is 35.4 Å². The van der Waals surface area contributed by atoms with Crippen molar-refractivity contribution >= 4 is 11.9 Å². The maximum atomic E-state index is 11.5. The first-order valence-electron chi connectivity index (χ1n) is 6.11. The lowest BCUT2D eigenvalue weighted by Gasteiger charge is -2.14. The SMILES string of the molecule is CC(C)c1ccc([C@H]2CNC(=O)[C@H]2C(=O)O)cc1. The molecule has 4 nitrogen and oxygen atoms in total. The smallest absolute Gasteiger partial charge is 0.316 e. The normalized spacial score (nSPS) is 23.2. The summed E-state index contributed by atoms with van der Waals surface area (Å²) in [5.74, 6) is -2.23. The highest BCUT2D eigenvalue weighted by atomic mass is 16.4. The Kier molecular flexibility index (Phi) is 3.36. The van der Waals surface area contributed by atoms with Gasteiger partial charge in [0.05, 0.1) is 0 Å². The number of aliphatic carboxylic acids is 1. The molecular weight excluding hydrogens is 230 g/mol. The van der Waals surface area contributed by atoms with Crippen LogP contribution in [0.2, 0.25) is 0 Å². The van der Waals surface area contributed by atoms with Crippen LogP contribution in [0, 0.1) is 5.92 Å². The number of rotatable bonds is 3. The second-order valence-electron chi connectivity index (χ2n) is 4.99. The molecule has 96 valence electrons. The Labute approximate surface area is 106 Å². The first kappa shape index (κ1) is 12.6. The van der Waals surface area contributed by atoms with Gasteiger partial charge >= 0.3 is 5.97 Å². The van der Waals surface area contributed by atoms with Crippen LogP contribution in [0.15, 0.2) is 24.3 Å². The Hall–Kier alpha value is -1.84. The van der Waals surface area contributed by atoms with Crippen LogP contribution >= 0.6 is 0 Å². The van der Waals surface area contributed by atoms with E-state index in [1.165, 1.54) is 5.56 Å². The number of nitrogens with one attached hydrogen (secondary N) is 1. The zero-order valence-electron chi connectivity index (χ0n) is 10.5. The van der Waals surface area contributed by atoms with E-state index in [9.17, 15) is 9.59 Å². The Morgan fingerprint density at radius 2 is 1.94 bits per heavy atom. The molecule has 18 heavy (non-hydrogen) atoms. The van der Waals surface area contributed by atoms with Crippen LogP contribution in [0.25, 0.3) is 0 Å².